The van der Waals surface area contributed by atoms with Crippen LogP contribution in [-0.4, -0.2) is 32.9 Å². The van der Waals surface area contributed by atoms with Gasteiger partial charge in [-0.15, -0.1) is 0 Å². The maximum atomic E-state index is 12.0. The Morgan fingerprint density at radius 3 is 2.84 bits per heavy atom. The van der Waals surface area contributed by atoms with Gasteiger partial charge in [-0.2, -0.15) is 5.10 Å². The number of nitrogens with two attached hydrogens (primary N) is 1. The summed E-state index contributed by atoms with van der Waals surface area (Å²) in [5.41, 5.74) is 5.78. The van der Waals surface area contributed by atoms with Crippen molar-refractivity contribution in [2.24, 2.45) is 12.8 Å². The van der Waals surface area contributed by atoms with Gasteiger partial charge in [0.05, 0.1) is 11.8 Å². The van der Waals surface area contributed by atoms with Crippen LogP contribution in [0.25, 0.3) is 0 Å². The number of rotatable bonds is 4. The molecular formula is C13H22N4O2. The zero-order chi connectivity index (χ0) is 13.9. The van der Waals surface area contributed by atoms with Gasteiger partial charge in [0.1, 0.15) is 6.04 Å². The smallest absolute Gasteiger partial charge is 0.241 e. The van der Waals surface area contributed by atoms with Gasteiger partial charge >= 0.3 is 0 Å². The Bertz CT molecular complexity index is 438. The summed E-state index contributed by atoms with van der Waals surface area (Å²) in [6.45, 7) is 0.278. The highest BCUT2D eigenvalue weighted by molar-refractivity contribution is 5.82. The van der Waals surface area contributed by atoms with E-state index >= 15 is 0 Å². The van der Waals surface area contributed by atoms with E-state index in [0.717, 1.165) is 32.1 Å². The second-order valence-corrected chi connectivity index (χ2v) is 5.43. The Labute approximate surface area is 113 Å². The van der Waals surface area contributed by atoms with Crippen LogP contribution in [0.5, 0.6) is 0 Å². The first-order valence-electron chi connectivity index (χ1n) is 6.74. The van der Waals surface area contributed by atoms with Crippen molar-refractivity contribution in [1.82, 2.24) is 15.1 Å². The molecule has 0 bridgehead atoms. The standard InChI is InChI=1S/C13H22N4O2/c1-17-8-10(7-16-17)11(14)12(18)15-9-13(19)5-3-2-4-6-13/h7-8,11,19H,2-6,9,14H2,1H3,(H,15,18). The Balaban J connectivity index is 1.87. The van der Waals surface area contributed by atoms with Gasteiger partial charge in [-0.05, 0) is 12.8 Å². The lowest BCUT2D eigenvalue weighted by Crippen LogP contribution is -2.46. The minimum Gasteiger partial charge on any atom is -0.388 e. The monoisotopic (exact) mass is 266 g/mol. The third-order valence-electron chi connectivity index (χ3n) is 3.74. The van der Waals surface area contributed by atoms with E-state index < -0.39 is 11.6 Å². The van der Waals surface area contributed by atoms with E-state index in [1.54, 1.807) is 24.1 Å². The van der Waals surface area contributed by atoms with Crippen molar-refractivity contribution < 1.29 is 9.90 Å². The minimum atomic E-state index is -0.761. The van der Waals surface area contributed by atoms with E-state index in [1.807, 2.05) is 0 Å². The van der Waals surface area contributed by atoms with Gasteiger partial charge in [-0.25, -0.2) is 0 Å². The van der Waals surface area contributed by atoms with E-state index in [9.17, 15) is 9.90 Å². The normalized spacial score (nSPS) is 19.9. The van der Waals surface area contributed by atoms with Crippen molar-refractivity contribution >= 4 is 5.91 Å². The molecule has 1 aliphatic rings. The minimum absolute atomic E-state index is 0.271. The van der Waals surface area contributed by atoms with E-state index in [-0.39, 0.29) is 12.5 Å². The summed E-state index contributed by atoms with van der Waals surface area (Å²) in [6.07, 6.45) is 7.98. The van der Waals surface area contributed by atoms with Crippen LogP contribution >= 0.6 is 0 Å². The number of aromatic nitrogens is 2. The molecule has 19 heavy (non-hydrogen) atoms. The van der Waals surface area contributed by atoms with Crippen LogP contribution in [0.3, 0.4) is 0 Å². The second kappa shape index (κ2) is 5.71. The third-order valence-corrected chi connectivity index (χ3v) is 3.74. The Morgan fingerprint density at radius 1 is 1.58 bits per heavy atom. The van der Waals surface area contributed by atoms with Gasteiger partial charge in [-0.3, -0.25) is 9.48 Å². The molecule has 0 aromatic carbocycles. The van der Waals surface area contributed by atoms with Crippen molar-refractivity contribution in [3.8, 4) is 0 Å². The molecule has 1 saturated carbocycles. The predicted molar refractivity (Wildman–Crippen MR) is 71.2 cm³/mol. The molecule has 1 fully saturated rings. The van der Waals surface area contributed by atoms with Crippen LogP contribution in [0.1, 0.15) is 43.7 Å². The first-order valence-corrected chi connectivity index (χ1v) is 6.74. The number of aliphatic hydroxyl groups is 1. The Kier molecular flexibility index (Phi) is 4.21. The van der Waals surface area contributed by atoms with E-state index in [0.29, 0.717) is 5.56 Å². The van der Waals surface area contributed by atoms with Crippen molar-refractivity contribution in [2.75, 3.05) is 6.54 Å². The highest BCUT2D eigenvalue weighted by Gasteiger charge is 2.30. The number of aryl methyl sites for hydroxylation is 1. The van der Waals surface area contributed by atoms with Crippen molar-refractivity contribution in [2.45, 2.75) is 43.7 Å². The zero-order valence-electron chi connectivity index (χ0n) is 11.3. The molecule has 1 amide bonds. The van der Waals surface area contributed by atoms with Crippen LogP contribution in [0, 0.1) is 0 Å². The average Bonchev–Trinajstić information content (AvgIpc) is 2.83. The summed E-state index contributed by atoms with van der Waals surface area (Å²) < 4.78 is 1.61. The quantitative estimate of drug-likeness (QED) is 0.727. The average molecular weight is 266 g/mol. The highest BCUT2D eigenvalue weighted by Crippen LogP contribution is 2.27. The summed E-state index contributed by atoms with van der Waals surface area (Å²) in [6, 6.07) is -0.735. The van der Waals surface area contributed by atoms with Crippen LogP contribution in [0.4, 0.5) is 0 Å². The molecule has 1 unspecified atom stereocenters. The molecule has 1 aliphatic carbocycles. The van der Waals surface area contributed by atoms with E-state index in [2.05, 4.69) is 10.4 Å². The topological polar surface area (TPSA) is 93.2 Å². The first kappa shape index (κ1) is 14.0. The molecule has 0 aliphatic heterocycles. The molecule has 1 atom stereocenters. The molecule has 1 heterocycles. The van der Waals surface area contributed by atoms with E-state index in [4.69, 9.17) is 5.73 Å². The molecule has 0 radical (unpaired) electrons. The Hall–Kier alpha value is -1.40. The predicted octanol–water partition coefficient (Wildman–Crippen LogP) is 0.231. The fraction of sp³-hybridized carbons (Fsp3) is 0.692. The maximum Gasteiger partial charge on any atom is 0.241 e. The van der Waals surface area contributed by atoms with Gasteiger partial charge in [0.2, 0.25) is 5.91 Å². The summed E-state index contributed by atoms with van der Waals surface area (Å²) in [7, 11) is 1.78. The number of hydrogen-bond donors (Lipinski definition) is 3. The van der Waals surface area contributed by atoms with Gasteiger partial charge in [-0.1, -0.05) is 19.3 Å². The lowest BCUT2D eigenvalue weighted by molar-refractivity contribution is -0.124. The molecule has 6 nitrogen and oxygen atoms in total. The maximum absolute atomic E-state index is 12.0. The SMILES string of the molecule is Cn1cc(C(N)C(=O)NCC2(O)CCCCC2)cn1. The number of carbonyl (C=O) groups excluding carboxylic acids is 1. The number of hydrogen-bond acceptors (Lipinski definition) is 4. The molecule has 0 spiro atoms. The second-order valence-electron chi connectivity index (χ2n) is 5.43. The lowest BCUT2D eigenvalue weighted by atomic mass is 9.85. The summed E-state index contributed by atoms with van der Waals surface area (Å²) >= 11 is 0. The van der Waals surface area contributed by atoms with Gasteiger partial charge in [0.15, 0.2) is 0 Å². The summed E-state index contributed by atoms with van der Waals surface area (Å²) in [4.78, 5) is 12.0. The summed E-state index contributed by atoms with van der Waals surface area (Å²) in [5.74, 6) is -0.271. The molecular weight excluding hydrogens is 244 g/mol. The van der Waals surface area contributed by atoms with Gasteiger partial charge in [0, 0.05) is 25.4 Å². The van der Waals surface area contributed by atoms with Gasteiger partial charge in [0.25, 0.3) is 0 Å². The first-order chi connectivity index (χ1) is 9.00. The molecule has 106 valence electrons. The number of carbonyl (C=O) groups is 1. The fourth-order valence-electron chi connectivity index (χ4n) is 2.50. The number of nitrogens with zero attached hydrogens (tertiary/aromatic N) is 2. The fourth-order valence-corrected chi connectivity index (χ4v) is 2.50. The largest absolute Gasteiger partial charge is 0.388 e. The van der Waals surface area contributed by atoms with Crippen LogP contribution < -0.4 is 11.1 Å². The van der Waals surface area contributed by atoms with Crippen molar-refractivity contribution in [3.63, 3.8) is 0 Å². The molecule has 4 N–H and O–H groups in total. The highest BCUT2D eigenvalue weighted by atomic mass is 16.3. The molecule has 1 aromatic heterocycles. The van der Waals surface area contributed by atoms with Crippen LogP contribution in [0.2, 0.25) is 0 Å². The zero-order valence-corrected chi connectivity index (χ0v) is 11.3. The Morgan fingerprint density at radius 2 is 2.26 bits per heavy atom. The number of nitrogens with one attached hydrogen (secondary N) is 1. The van der Waals surface area contributed by atoms with Crippen LogP contribution in [0.15, 0.2) is 12.4 Å². The van der Waals surface area contributed by atoms with Crippen LogP contribution in [-0.2, 0) is 11.8 Å². The molecule has 2 rings (SSSR count). The summed E-state index contributed by atoms with van der Waals surface area (Å²) in [5, 5.41) is 17.0. The van der Waals surface area contributed by atoms with Crippen molar-refractivity contribution in [1.29, 1.82) is 0 Å². The van der Waals surface area contributed by atoms with Crippen molar-refractivity contribution in [3.05, 3.63) is 18.0 Å². The van der Waals surface area contributed by atoms with Gasteiger partial charge < -0.3 is 16.2 Å². The molecule has 6 heteroatoms. The number of amides is 1. The molecule has 1 aromatic rings. The third kappa shape index (κ3) is 3.54. The molecule has 0 saturated heterocycles. The lowest BCUT2D eigenvalue weighted by Gasteiger charge is -2.32. The van der Waals surface area contributed by atoms with E-state index in [1.165, 1.54) is 0 Å².